The van der Waals surface area contributed by atoms with Crippen molar-refractivity contribution in [3.8, 4) is 0 Å². The van der Waals surface area contributed by atoms with Crippen molar-refractivity contribution in [2.45, 2.75) is 6.42 Å². The van der Waals surface area contributed by atoms with Crippen molar-refractivity contribution in [3.63, 3.8) is 0 Å². The standard InChI is InChI=1S/C8H8BrFN2/c9-7-4-6(10)2-1-5(7)3-8(11)12/h1-2,4H,3H2,(H3,11,12). The minimum atomic E-state index is -0.297. The van der Waals surface area contributed by atoms with Gasteiger partial charge in [0, 0.05) is 10.9 Å². The molecule has 0 amide bonds. The number of nitrogens with one attached hydrogen (secondary N) is 1. The molecule has 0 heterocycles. The summed E-state index contributed by atoms with van der Waals surface area (Å²) >= 11 is 3.18. The lowest BCUT2D eigenvalue weighted by atomic mass is 10.1. The van der Waals surface area contributed by atoms with E-state index in [9.17, 15) is 4.39 Å². The molecule has 1 aromatic rings. The predicted octanol–water partition coefficient (Wildman–Crippen LogP) is 2.07. The van der Waals surface area contributed by atoms with Gasteiger partial charge >= 0.3 is 0 Å². The fourth-order valence-electron chi connectivity index (χ4n) is 0.870. The maximum atomic E-state index is 12.6. The Morgan fingerprint density at radius 1 is 1.58 bits per heavy atom. The first-order valence-electron chi connectivity index (χ1n) is 3.36. The highest BCUT2D eigenvalue weighted by Gasteiger charge is 2.01. The van der Waals surface area contributed by atoms with Crippen LogP contribution in [0.1, 0.15) is 5.56 Å². The molecule has 0 aromatic heterocycles. The number of benzene rings is 1. The summed E-state index contributed by atoms with van der Waals surface area (Å²) in [5.41, 5.74) is 6.02. The van der Waals surface area contributed by atoms with E-state index in [1.54, 1.807) is 6.07 Å². The Morgan fingerprint density at radius 2 is 2.25 bits per heavy atom. The van der Waals surface area contributed by atoms with E-state index < -0.39 is 0 Å². The second kappa shape index (κ2) is 3.67. The lowest BCUT2D eigenvalue weighted by Gasteiger charge is -2.02. The van der Waals surface area contributed by atoms with Crippen molar-refractivity contribution in [1.29, 1.82) is 5.41 Å². The summed E-state index contributed by atoms with van der Waals surface area (Å²) in [6, 6.07) is 4.32. The fourth-order valence-corrected chi connectivity index (χ4v) is 1.36. The number of rotatable bonds is 2. The minimum Gasteiger partial charge on any atom is -0.387 e. The molecule has 0 aliphatic carbocycles. The second-order valence-electron chi connectivity index (χ2n) is 2.44. The maximum absolute atomic E-state index is 12.6. The van der Waals surface area contributed by atoms with E-state index in [0.717, 1.165) is 5.56 Å². The fraction of sp³-hybridized carbons (Fsp3) is 0.125. The van der Waals surface area contributed by atoms with Crippen molar-refractivity contribution in [2.24, 2.45) is 5.73 Å². The van der Waals surface area contributed by atoms with Crippen LogP contribution in [0.15, 0.2) is 22.7 Å². The number of nitrogens with two attached hydrogens (primary N) is 1. The lowest BCUT2D eigenvalue weighted by Crippen LogP contribution is -2.12. The summed E-state index contributed by atoms with van der Waals surface area (Å²) in [7, 11) is 0. The van der Waals surface area contributed by atoms with E-state index in [1.165, 1.54) is 12.1 Å². The molecular formula is C8H8BrFN2. The molecule has 0 radical (unpaired) electrons. The summed E-state index contributed by atoms with van der Waals surface area (Å²) in [5.74, 6) is -0.225. The molecule has 0 aliphatic rings. The summed E-state index contributed by atoms with van der Waals surface area (Å²) in [6.45, 7) is 0. The van der Waals surface area contributed by atoms with Crippen molar-refractivity contribution >= 4 is 21.8 Å². The van der Waals surface area contributed by atoms with Crippen LogP contribution >= 0.6 is 15.9 Å². The molecule has 1 aromatic carbocycles. The van der Waals surface area contributed by atoms with Crippen LogP contribution in [0.3, 0.4) is 0 Å². The van der Waals surface area contributed by atoms with Gasteiger partial charge in [-0.15, -0.1) is 0 Å². The van der Waals surface area contributed by atoms with Gasteiger partial charge in [0.25, 0.3) is 0 Å². The molecule has 0 fully saturated rings. The predicted molar refractivity (Wildman–Crippen MR) is 49.7 cm³/mol. The van der Waals surface area contributed by atoms with Crippen LogP contribution in [0.4, 0.5) is 4.39 Å². The third-order valence-corrected chi connectivity index (χ3v) is 2.13. The molecule has 12 heavy (non-hydrogen) atoms. The van der Waals surface area contributed by atoms with Gasteiger partial charge in [-0.3, -0.25) is 5.41 Å². The minimum absolute atomic E-state index is 0.0716. The summed E-state index contributed by atoms with van der Waals surface area (Å²) < 4.78 is 13.2. The van der Waals surface area contributed by atoms with Gasteiger partial charge in [0.05, 0.1) is 5.84 Å². The van der Waals surface area contributed by atoms with E-state index >= 15 is 0 Å². The molecule has 3 N–H and O–H groups in total. The van der Waals surface area contributed by atoms with Gasteiger partial charge in [0.2, 0.25) is 0 Å². The van der Waals surface area contributed by atoms with Gasteiger partial charge in [-0.25, -0.2) is 4.39 Å². The smallest absolute Gasteiger partial charge is 0.124 e. The average molecular weight is 231 g/mol. The van der Waals surface area contributed by atoms with Crippen LogP contribution in [-0.4, -0.2) is 5.84 Å². The Bertz CT molecular complexity index is 312. The van der Waals surface area contributed by atoms with Crippen LogP contribution in [0.2, 0.25) is 0 Å². The third kappa shape index (κ3) is 2.30. The summed E-state index contributed by atoms with van der Waals surface area (Å²) in [4.78, 5) is 0. The van der Waals surface area contributed by atoms with Gasteiger partial charge in [-0.2, -0.15) is 0 Å². The monoisotopic (exact) mass is 230 g/mol. The summed E-state index contributed by atoms with van der Waals surface area (Å²) in [5, 5.41) is 7.05. The third-order valence-electron chi connectivity index (χ3n) is 1.40. The van der Waals surface area contributed by atoms with Gasteiger partial charge in [0.1, 0.15) is 5.82 Å². The molecule has 0 saturated heterocycles. The Balaban J connectivity index is 2.93. The molecule has 0 atom stereocenters. The van der Waals surface area contributed by atoms with Crippen molar-refractivity contribution in [1.82, 2.24) is 0 Å². The van der Waals surface area contributed by atoms with Crippen LogP contribution in [-0.2, 0) is 6.42 Å². The van der Waals surface area contributed by atoms with Gasteiger partial charge < -0.3 is 5.73 Å². The number of halogens is 2. The quantitative estimate of drug-likeness (QED) is 0.594. The molecule has 0 bridgehead atoms. The highest BCUT2D eigenvalue weighted by atomic mass is 79.9. The molecule has 0 unspecified atom stereocenters. The first-order valence-corrected chi connectivity index (χ1v) is 4.15. The zero-order valence-electron chi connectivity index (χ0n) is 6.27. The van der Waals surface area contributed by atoms with E-state index in [-0.39, 0.29) is 11.7 Å². The summed E-state index contributed by atoms with van der Waals surface area (Å²) in [6.07, 6.45) is 0.348. The van der Waals surface area contributed by atoms with E-state index in [1.807, 2.05) is 0 Å². The zero-order chi connectivity index (χ0) is 9.14. The Labute approximate surface area is 78.2 Å². The molecular weight excluding hydrogens is 223 g/mol. The number of hydrogen-bond acceptors (Lipinski definition) is 1. The highest BCUT2D eigenvalue weighted by Crippen LogP contribution is 2.18. The molecule has 2 nitrogen and oxygen atoms in total. The lowest BCUT2D eigenvalue weighted by molar-refractivity contribution is 0.626. The van der Waals surface area contributed by atoms with Crippen molar-refractivity contribution in [2.75, 3.05) is 0 Å². The van der Waals surface area contributed by atoms with Crippen LogP contribution in [0, 0.1) is 11.2 Å². The topological polar surface area (TPSA) is 49.9 Å². The van der Waals surface area contributed by atoms with E-state index in [2.05, 4.69) is 15.9 Å². The van der Waals surface area contributed by atoms with E-state index in [4.69, 9.17) is 11.1 Å². The molecule has 1 rings (SSSR count). The van der Waals surface area contributed by atoms with Crippen LogP contribution in [0.5, 0.6) is 0 Å². The normalized spacial score (nSPS) is 9.83. The van der Waals surface area contributed by atoms with E-state index in [0.29, 0.717) is 10.9 Å². The largest absolute Gasteiger partial charge is 0.387 e. The second-order valence-corrected chi connectivity index (χ2v) is 3.29. The van der Waals surface area contributed by atoms with Gasteiger partial charge in [-0.1, -0.05) is 22.0 Å². The first kappa shape index (κ1) is 9.19. The Kier molecular flexibility index (Phi) is 2.81. The van der Waals surface area contributed by atoms with Crippen LogP contribution < -0.4 is 5.73 Å². The van der Waals surface area contributed by atoms with Crippen molar-refractivity contribution < 1.29 is 4.39 Å². The first-order chi connectivity index (χ1) is 5.59. The zero-order valence-corrected chi connectivity index (χ0v) is 7.86. The average Bonchev–Trinajstić information content (AvgIpc) is 1.94. The van der Waals surface area contributed by atoms with Crippen LogP contribution in [0.25, 0.3) is 0 Å². The number of hydrogen-bond donors (Lipinski definition) is 2. The molecule has 4 heteroatoms. The Hall–Kier alpha value is -0.900. The molecule has 0 spiro atoms. The highest BCUT2D eigenvalue weighted by molar-refractivity contribution is 9.10. The van der Waals surface area contributed by atoms with Crippen molar-refractivity contribution in [3.05, 3.63) is 34.1 Å². The number of amidine groups is 1. The van der Waals surface area contributed by atoms with Gasteiger partial charge in [0.15, 0.2) is 0 Å². The maximum Gasteiger partial charge on any atom is 0.124 e. The Morgan fingerprint density at radius 3 is 2.75 bits per heavy atom. The molecule has 0 saturated carbocycles. The SMILES string of the molecule is N=C(N)Cc1ccc(F)cc1Br. The molecule has 64 valence electrons. The molecule has 0 aliphatic heterocycles. The van der Waals surface area contributed by atoms with Gasteiger partial charge in [-0.05, 0) is 17.7 Å².